The van der Waals surface area contributed by atoms with Crippen LogP contribution in [0.5, 0.6) is 5.75 Å². The minimum Gasteiger partial charge on any atom is -0.497 e. The zero-order valence-corrected chi connectivity index (χ0v) is 18.4. The molecule has 0 spiro atoms. The van der Waals surface area contributed by atoms with Gasteiger partial charge in [0.1, 0.15) is 5.75 Å². The lowest BCUT2D eigenvalue weighted by Gasteiger charge is -2.20. The van der Waals surface area contributed by atoms with Crippen LogP contribution in [-0.4, -0.2) is 12.2 Å². The average molecular weight is 425 g/mol. The van der Waals surface area contributed by atoms with Crippen molar-refractivity contribution < 1.29 is 9.84 Å². The van der Waals surface area contributed by atoms with Gasteiger partial charge in [0.25, 0.3) is 0 Å². The highest BCUT2D eigenvalue weighted by atomic mass is 35.5. The summed E-state index contributed by atoms with van der Waals surface area (Å²) in [6.07, 6.45) is 0.182. The molecule has 158 valence electrons. The van der Waals surface area contributed by atoms with Crippen LogP contribution in [0.25, 0.3) is 0 Å². The van der Waals surface area contributed by atoms with Gasteiger partial charge in [-0.2, -0.15) is 0 Å². The maximum atomic E-state index is 10.8. The first-order valence-electron chi connectivity index (χ1n) is 10.1. The summed E-state index contributed by atoms with van der Waals surface area (Å²) in [6, 6.07) is 21.5. The standard InChI is InChI=1S/C25H29ClN2O2/c1-17(2)14-18-8-10-19(11-9-18)25(29)28-24-15-21(30-3)12-13-23(24)27-16-20-6-4-5-7-22(20)26/h4-13,15,17,25,27-29H,14,16H2,1-3H3. The number of benzene rings is 3. The van der Waals surface area contributed by atoms with E-state index < -0.39 is 6.23 Å². The molecule has 0 fully saturated rings. The van der Waals surface area contributed by atoms with Gasteiger partial charge in [0.15, 0.2) is 6.23 Å². The molecule has 0 saturated carbocycles. The van der Waals surface area contributed by atoms with Crippen molar-refractivity contribution in [1.29, 1.82) is 0 Å². The first kappa shape index (κ1) is 22.0. The zero-order chi connectivity index (χ0) is 21.5. The van der Waals surface area contributed by atoms with E-state index in [-0.39, 0.29) is 0 Å². The summed E-state index contributed by atoms with van der Waals surface area (Å²) in [4.78, 5) is 0. The summed E-state index contributed by atoms with van der Waals surface area (Å²) >= 11 is 6.27. The van der Waals surface area contributed by atoms with E-state index in [1.165, 1.54) is 5.56 Å². The lowest BCUT2D eigenvalue weighted by molar-refractivity contribution is 0.208. The molecule has 0 aromatic heterocycles. The van der Waals surface area contributed by atoms with Crippen LogP contribution in [-0.2, 0) is 13.0 Å². The normalized spacial score (nSPS) is 11.9. The molecule has 0 heterocycles. The van der Waals surface area contributed by atoms with Crippen LogP contribution in [0.1, 0.15) is 36.8 Å². The van der Waals surface area contributed by atoms with Gasteiger partial charge in [-0.25, -0.2) is 0 Å². The summed E-state index contributed by atoms with van der Waals surface area (Å²) in [5.41, 5.74) is 4.68. The molecule has 30 heavy (non-hydrogen) atoms. The van der Waals surface area contributed by atoms with Crippen LogP contribution in [0.3, 0.4) is 0 Å². The topological polar surface area (TPSA) is 53.5 Å². The second kappa shape index (κ2) is 10.4. The number of anilines is 2. The minimum atomic E-state index is -0.842. The largest absolute Gasteiger partial charge is 0.497 e. The number of hydrogen-bond donors (Lipinski definition) is 3. The average Bonchev–Trinajstić information content (AvgIpc) is 2.74. The van der Waals surface area contributed by atoms with Gasteiger partial charge >= 0.3 is 0 Å². The van der Waals surface area contributed by atoms with Gasteiger partial charge in [-0.15, -0.1) is 0 Å². The molecule has 0 aliphatic rings. The minimum absolute atomic E-state index is 0.570. The smallest absolute Gasteiger partial charge is 0.150 e. The molecule has 1 unspecified atom stereocenters. The first-order chi connectivity index (χ1) is 14.5. The van der Waals surface area contributed by atoms with Crippen LogP contribution in [0.2, 0.25) is 5.02 Å². The number of ether oxygens (including phenoxy) is 1. The highest BCUT2D eigenvalue weighted by Gasteiger charge is 2.12. The quantitative estimate of drug-likeness (QED) is 0.355. The van der Waals surface area contributed by atoms with Crippen LogP contribution in [0.4, 0.5) is 11.4 Å². The molecule has 3 N–H and O–H groups in total. The molecule has 0 amide bonds. The van der Waals surface area contributed by atoms with E-state index in [9.17, 15) is 5.11 Å². The van der Waals surface area contributed by atoms with Crippen molar-refractivity contribution in [2.45, 2.75) is 33.0 Å². The number of methoxy groups -OCH3 is 1. The monoisotopic (exact) mass is 424 g/mol. The zero-order valence-electron chi connectivity index (χ0n) is 17.7. The summed E-state index contributed by atoms with van der Waals surface area (Å²) in [6.45, 7) is 4.97. The van der Waals surface area contributed by atoms with E-state index in [1.807, 2.05) is 54.6 Å². The molecular weight excluding hydrogens is 396 g/mol. The fraction of sp³-hybridized carbons (Fsp3) is 0.280. The van der Waals surface area contributed by atoms with E-state index in [1.54, 1.807) is 7.11 Å². The lowest BCUT2D eigenvalue weighted by Crippen LogP contribution is -2.12. The second-order valence-electron chi connectivity index (χ2n) is 7.74. The maximum absolute atomic E-state index is 10.8. The molecule has 1 atom stereocenters. The number of halogens is 1. The molecular formula is C25H29ClN2O2. The molecule has 4 nitrogen and oxygen atoms in total. The summed E-state index contributed by atoms with van der Waals surface area (Å²) in [5, 5.41) is 18.1. The van der Waals surface area contributed by atoms with Crippen molar-refractivity contribution in [2.75, 3.05) is 17.7 Å². The predicted molar refractivity (Wildman–Crippen MR) is 125 cm³/mol. The van der Waals surface area contributed by atoms with Gasteiger partial charge in [0.2, 0.25) is 0 Å². The molecule has 3 aromatic rings. The van der Waals surface area contributed by atoms with Crippen LogP contribution < -0.4 is 15.4 Å². The second-order valence-corrected chi connectivity index (χ2v) is 8.15. The van der Waals surface area contributed by atoms with Crippen molar-refractivity contribution in [3.05, 3.63) is 88.4 Å². The molecule has 0 saturated heterocycles. The van der Waals surface area contributed by atoms with Crippen molar-refractivity contribution >= 4 is 23.0 Å². The summed E-state index contributed by atoms with van der Waals surface area (Å²) < 4.78 is 5.36. The Morgan fingerprint density at radius 1 is 0.967 bits per heavy atom. The van der Waals surface area contributed by atoms with Crippen LogP contribution >= 0.6 is 11.6 Å². The van der Waals surface area contributed by atoms with Crippen molar-refractivity contribution in [3.8, 4) is 5.75 Å². The van der Waals surface area contributed by atoms with E-state index in [2.05, 4.69) is 36.6 Å². The summed E-state index contributed by atoms with van der Waals surface area (Å²) in [7, 11) is 1.62. The molecule has 0 radical (unpaired) electrons. The number of nitrogens with one attached hydrogen (secondary N) is 2. The van der Waals surface area contributed by atoms with Crippen LogP contribution in [0, 0.1) is 5.92 Å². The van der Waals surface area contributed by atoms with Gasteiger partial charge in [0, 0.05) is 23.2 Å². The Labute approximate surface area is 183 Å². The van der Waals surface area contributed by atoms with Gasteiger partial charge in [-0.05, 0) is 41.7 Å². The van der Waals surface area contributed by atoms with Gasteiger partial charge in [-0.3, -0.25) is 0 Å². The first-order valence-corrected chi connectivity index (χ1v) is 10.5. The molecule has 3 aromatic carbocycles. The molecule has 0 aliphatic heterocycles. The fourth-order valence-corrected chi connectivity index (χ4v) is 3.50. The molecule has 0 bridgehead atoms. The summed E-state index contributed by atoms with van der Waals surface area (Å²) in [5.74, 6) is 1.31. The number of hydrogen-bond acceptors (Lipinski definition) is 4. The third kappa shape index (κ3) is 5.91. The SMILES string of the molecule is COc1ccc(NCc2ccccc2Cl)c(NC(O)c2ccc(CC(C)C)cc2)c1. The van der Waals surface area contributed by atoms with E-state index in [0.29, 0.717) is 18.2 Å². The molecule has 0 aliphatic carbocycles. The van der Waals surface area contributed by atoms with Gasteiger partial charge in [-0.1, -0.05) is 67.9 Å². The Morgan fingerprint density at radius 3 is 2.37 bits per heavy atom. The highest BCUT2D eigenvalue weighted by Crippen LogP contribution is 2.31. The van der Waals surface area contributed by atoms with E-state index in [4.69, 9.17) is 16.3 Å². The Balaban J connectivity index is 1.75. The van der Waals surface area contributed by atoms with Crippen molar-refractivity contribution in [1.82, 2.24) is 0 Å². The third-order valence-corrected chi connectivity index (χ3v) is 5.25. The van der Waals surface area contributed by atoms with Gasteiger partial charge in [0.05, 0.1) is 18.5 Å². The molecule has 3 rings (SSSR count). The molecule has 5 heteroatoms. The van der Waals surface area contributed by atoms with Crippen LogP contribution in [0.15, 0.2) is 66.7 Å². The third-order valence-electron chi connectivity index (χ3n) is 4.89. The lowest BCUT2D eigenvalue weighted by atomic mass is 10.0. The Kier molecular flexibility index (Phi) is 7.61. The van der Waals surface area contributed by atoms with E-state index in [0.717, 1.165) is 33.9 Å². The number of rotatable bonds is 9. The van der Waals surface area contributed by atoms with Crippen molar-refractivity contribution in [3.63, 3.8) is 0 Å². The highest BCUT2D eigenvalue weighted by molar-refractivity contribution is 6.31. The number of aliphatic hydroxyl groups excluding tert-OH is 1. The Hall–Kier alpha value is -2.69. The van der Waals surface area contributed by atoms with Crippen molar-refractivity contribution in [2.24, 2.45) is 5.92 Å². The van der Waals surface area contributed by atoms with Gasteiger partial charge < -0.3 is 20.5 Å². The predicted octanol–water partition coefficient (Wildman–Crippen LogP) is 6.26. The maximum Gasteiger partial charge on any atom is 0.150 e. The fourth-order valence-electron chi connectivity index (χ4n) is 3.29. The van der Waals surface area contributed by atoms with E-state index >= 15 is 0 Å². The Bertz CT molecular complexity index is 958. The number of aliphatic hydroxyl groups is 1. The Morgan fingerprint density at radius 2 is 1.70 bits per heavy atom.